The number of hydrogen-bond acceptors (Lipinski definition) is 6. The largest absolute Gasteiger partial charge is 0.491 e. The van der Waals surface area contributed by atoms with Gasteiger partial charge in [0, 0.05) is 11.6 Å². The average Bonchev–Trinajstić information content (AvgIpc) is 2.92. The molecule has 20 heavy (non-hydrogen) atoms. The van der Waals surface area contributed by atoms with E-state index in [2.05, 4.69) is 9.89 Å². The van der Waals surface area contributed by atoms with Crippen LogP contribution in [0.2, 0.25) is 0 Å². The van der Waals surface area contributed by atoms with E-state index in [9.17, 15) is 4.79 Å². The molecule has 7 heteroatoms. The topological polar surface area (TPSA) is 108 Å². The number of rotatable bonds is 6. The van der Waals surface area contributed by atoms with Gasteiger partial charge in [-0.2, -0.15) is 0 Å². The van der Waals surface area contributed by atoms with Gasteiger partial charge in [0.2, 0.25) is 0 Å². The number of aliphatic hydroxyl groups is 1. The maximum atomic E-state index is 10.5. The lowest BCUT2D eigenvalue weighted by Gasteiger charge is -2.03. The molecule has 0 radical (unpaired) electrons. The van der Waals surface area contributed by atoms with E-state index < -0.39 is 6.09 Å². The number of nitrogens with zero attached hydrogens (tertiary/aromatic N) is 1. The van der Waals surface area contributed by atoms with E-state index in [0.29, 0.717) is 17.2 Å². The van der Waals surface area contributed by atoms with Gasteiger partial charge in [-0.25, -0.2) is 4.79 Å². The highest BCUT2D eigenvalue weighted by Crippen LogP contribution is 2.22. The molecule has 0 saturated carbocycles. The van der Waals surface area contributed by atoms with Crippen LogP contribution in [0.3, 0.4) is 0 Å². The highest BCUT2D eigenvalue weighted by molar-refractivity contribution is 5.64. The molecule has 106 valence electrons. The van der Waals surface area contributed by atoms with E-state index in [-0.39, 0.29) is 19.8 Å². The molecule has 1 amide bonds. The number of benzene rings is 1. The molecule has 2 rings (SSSR count). The molecule has 0 bridgehead atoms. The van der Waals surface area contributed by atoms with Gasteiger partial charge in [0.1, 0.15) is 18.1 Å². The summed E-state index contributed by atoms with van der Waals surface area (Å²) in [5.74, 6) is 1.06. The summed E-state index contributed by atoms with van der Waals surface area (Å²) in [6, 6.07) is 8.80. The second-order valence-corrected chi connectivity index (χ2v) is 3.88. The number of aliphatic hydroxyl groups excluding tert-OH is 1. The van der Waals surface area contributed by atoms with Crippen molar-refractivity contribution >= 4 is 6.09 Å². The second kappa shape index (κ2) is 6.58. The summed E-state index contributed by atoms with van der Waals surface area (Å²) in [6.45, 7) is 0.159. The van der Waals surface area contributed by atoms with Gasteiger partial charge in [-0.3, -0.25) is 0 Å². The molecule has 3 N–H and O–H groups in total. The van der Waals surface area contributed by atoms with E-state index in [1.807, 2.05) is 12.1 Å². The lowest BCUT2D eigenvalue weighted by Crippen LogP contribution is -2.12. The summed E-state index contributed by atoms with van der Waals surface area (Å²) in [6.07, 6.45) is -0.867. The van der Waals surface area contributed by atoms with E-state index in [0.717, 1.165) is 5.56 Å². The van der Waals surface area contributed by atoms with Crippen molar-refractivity contribution in [3.8, 4) is 17.0 Å². The minimum absolute atomic E-state index is 0.0335. The molecule has 0 saturated heterocycles. The minimum Gasteiger partial charge on any atom is -0.491 e. The Morgan fingerprint density at radius 1 is 1.35 bits per heavy atom. The summed E-state index contributed by atoms with van der Waals surface area (Å²) < 4.78 is 14.9. The predicted octanol–water partition coefficient (Wildman–Crippen LogP) is 1.31. The average molecular weight is 278 g/mol. The Morgan fingerprint density at radius 3 is 2.75 bits per heavy atom. The van der Waals surface area contributed by atoms with Crippen molar-refractivity contribution in [3.05, 3.63) is 36.1 Å². The standard InChI is InChI=1S/C13H14N2O5/c14-13(17)19-8-11-7-12(15-20-11)9-1-3-10(4-2-9)18-6-5-16/h1-4,7,16H,5-6,8H2,(H2,14,17). The zero-order valence-electron chi connectivity index (χ0n) is 10.6. The fourth-order valence-electron chi connectivity index (χ4n) is 1.54. The molecule has 1 aromatic heterocycles. The van der Waals surface area contributed by atoms with Gasteiger partial charge in [-0.05, 0) is 24.3 Å². The number of aromatic nitrogens is 1. The molecule has 2 aromatic rings. The normalized spacial score (nSPS) is 10.2. The fourth-order valence-corrected chi connectivity index (χ4v) is 1.54. The number of ether oxygens (including phenoxy) is 2. The Hall–Kier alpha value is -2.54. The summed E-state index contributed by atoms with van der Waals surface area (Å²) in [7, 11) is 0. The second-order valence-electron chi connectivity index (χ2n) is 3.88. The summed E-state index contributed by atoms with van der Waals surface area (Å²) in [5, 5.41) is 12.5. The van der Waals surface area contributed by atoms with Gasteiger partial charge in [0.15, 0.2) is 12.4 Å². The van der Waals surface area contributed by atoms with Crippen molar-refractivity contribution in [1.82, 2.24) is 5.16 Å². The van der Waals surface area contributed by atoms with Crippen LogP contribution in [0.5, 0.6) is 5.75 Å². The molecular weight excluding hydrogens is 264 g/mol. The zero-order chi connectivity index (χ0) is 14.4. The lowest BCUT2D eigenvalue weighted by molar-refractivity contribution is 0.137. The van der Waals surface area contributed by atoms with Crippen LogP contribution >= 0.6 is 0 Å². The Morgan fingerprint density at radius 2 is 2.10 bits per heavy atom. The van der Waals surface area contributed by atoms with Gasteiger partial charge in [-0.15, -0.1) is 0 Å². The number of carbonyl (C=O) groups is 1. The molecule has 0 atom stereocenters. The van der Waals surface area contributed by atoms with E-state index in [4.69, 9.17) is 20.1 Å². The number of primary amides is 1. The van der Waals surface area contributed by atoms with E-state index in [1.54, 1.807) is 18.2 Å². The molecule has 0 aliphatic carbocycles. The maximum absolute atomic E-state index is 10.5. The van der Waals surface area contributed by atoms with Crippen LogP contribution in [0.15, 0.2) is 34.9 Å². The van der Waals surface area contributed by atoms with Crippen molar-refractivity contribution in [2.45, 2.75) is 6.61 Å². The smallest absolute Gasteiger partial charge is 0.404 e. The summed E-state index contributed by atoms with van der Waals surface area (Å²) in [4.78, 5) is 10.5. The maximum Gasteiger partial charge on any atom is 0.404 e. The Kier molecular flexibility index (Phi) is 4.56. The van der Waals surface area contributed by atoms with Crippen LogP contribution in [-0.4, -0.2) is 29.6 Å². The zero-order valence-corrected chi connectivity index (χ0v) is 10.6. The first-order valence-corrected chi connectivity index (χ1v) is 5.91. The molecule has 0 unspecified atom stereocenters. The SMILES string of the molecule is NC(=O)OCc1cc(-c2ccc(OCCO)cc2)no1. The first kappa shape index (κ1) is 13.9. The van der Waals surface area contributed by atoms with E-state index >= 15 is 0 Å². The van der Waals surface area contributed by atoms with E-state index in [1.165, 1.54) is 0 Å². The number of amides is 1. The monoisotopic (exact) mass is 278 g/mol. The summed E-state index contributed by atoms with van der Waals surface area (Å²) >= 11 is 0. The van der Waals surface area contributed by atoms with Gasteiger partial charge < -0.3 is 24.8 Å². The number of hydrogen-bond donors (Lipinski definition) is 2. The Labute approximate surface area is 114 Å². The van der Waals surface area contributed by atoms with Gasteiger partial charge in [0.05, 0.1) is 6.61 Å². The van der Waals surface area contributed by atoms with Crippen LogP contribution in [0.4, 0.5) is 4.79 Å². The van der Waals surface area contributed by atoms with Crippen molar-refractivity contribution in [3.63, 3.8) is 0 Å². The number of nitrogens with two attached hydrogens (primary N) is 1. The molecule has 0 aliphatic heterocycles. The predicted molar refractivity (Wildman–Crippen MR) is 68.9 cm³/mol. The first-order valence-electron chi connectivity index (χ1n) is 5.91. The van der Waals surface area contributed by atoms with Gasteiger partial charge in [0.25, 0.3) is 0 Å². The molecular formula is C13H14N2O5. The molecule has 7 nitrogen and oxygen atoms in total. The van der Waals surface area contributed by atoms with Crippen LogP contribution in [0, 0.1) is 0 Å². The van der Waals surface area contributed by atoms with Crippen molar-refractivity contribution in [2.24, 2.45) is 5.73 Å². The quantitative estimate of drug-likeness (QED) is 0.824. The third-order valence-corrected chi connectivity index (χ3v) is 2.43. The van der Waals surface area contributed by atoms with Crippen LogP contribution in [-0.2, 0) is 11.3 Å². The lowest BCUT2D eigenvalue weighted by atomic mass is 10.1. The molecule has 0 fully saturated rings. The molecule has 1 aromatic carbocycles. The molecule has 1 heterocycles. The molecule has 0 aliphatic rings. The van der Waals surface area contributed by atoms with Gasteiger partial charge in [-0.1, -0.05) is 5.16 Å². The van der Waals surface area contributed by atoms with Crippen molar-refractivity contribution in [2.75, 3.05) is 13.2 Å². The minimum atomic E-state index is -0.867. The van der Waals surface area contributed by atoms with Gasteiger partial charge >= 0.3 is 6.09 Å². The highest BCUT2D eigenvalue weighted by Gasteiger charge is 2.08. The Bertz CT molecular complexity index is 564. The first-order chi connectivity index (χ1) is 9.69. The van der Waals surface area contributed by atoms with Crippen LogP contribution in [0.25, 0.3) is 11.3 Å². The third-order valence-electron chi connectivity index (χ3n) is 2.43. The third kappa shape index (κ3) is 3.72. The summed E-state index contributed by atoms with van der Waals surface area (Å²) in [5.41, 5.74) is 6.30. The highest BCUT2D eigenvalue weighted by atomic mass is 16.6. The molecule has 0 spiro atoms. The number of carbonyl (C=O) groups excluding carboxylic acids is 1. The van der Waals surface area contributed by atoms with Crippen LogP contribution in [0.1, 0.15) is 5.76 Å². The Balaban J connectivity index is 2.02. The van der Waals surface area contributed by atoms with Crippen molar-refractivity contribution in [1.29, 1.82) is 0 Å². The fraction of sp³-hybridized carbons (Fsp3) is 0.231. The van der Waals surface area contributed by atoms with Crippen LogP contribution < -0.4 is 10.5 Å². The van der Waals surface area contributed by atoms with Crippen molar-refractivity contribution < 1.29 is 23.9 Å².